The van der Waals surface area contributed by atoms with Crippen molar-refractivity contribution < 1.29 is 47.9 Å². The minimum absolute atomic E-state index is 0.0904. The number of hydrogen-bond donors (Lipinski definition) is 8. The Morgan fingerprint density at radius 3 is 1.11 bits per heavy atom. The highest BCUT2D eigenvalue weighted by Gasteiger charge is 2.22. The average molecular weight is 1100 g/mol. The molecule has 0 atom stereocenters. The van der Waals surface area contributed by atoms with E-state index in [9.17, 15) is 43.2 Å². The van der Waals surface area contributed by atoms with E-state index in [2.05, 4.69) is 47.4 Å². The fourth-order valence-corrected chi connectivity index (χ4v) is 8.28. The minimum atomic E-state index is -0.620. The first-order chi connectivity index (χ1) is 37.9. The lowest BCUT2D eigenvalue weighted by Gasteiger charge is -2.10. The molecule has 0 unspecified atom stereocenters. The number of amides is 8. The van der Waals surface area contributed by atoms with Crippen molar-refractivity contribution in [2.24, 2.45) is 42.3 Å². The second-order valence-corrected chi connectivity index (χ2v) is 19.1. The molecule has 0 spiro atoms. The molecule has 0 bridgehead atoms. The zero-order chi connectivity index (χ0) is 58.5. The van der Waals surface area contributed by atoms with E-state index in [1.165, 1.54) is 30.5 Å². The largest absolute Gasteiger partial charge is 0.422 e. The number of nitrogens with one attached hydrogen (secondary N) is 8. The molecule has 1 aromatic carbocycles. The Labute approximate surface area is 461 Å². The molecule has 7 rings (SSSR count). The molecule has 0 radical (unpaired) electrons. The van der Waals surface area contributed by atoms with Gasteiger partial charge in [0.15, 0.2) is 0 Å². The summed E-state index contributed by atoms with van der Waals surface area (Å²) in [5.74, 6) is -2.74. The summed E-state index contributed by atoms with van der Waals surface area (Å²) >= 11 is 0. The predicted molar refractivity (Wildman–Crippen MR) is 302 cm³/mol. The van der Waals surface area contributed by atoms with Crippen LogP contribution in [0.5, 0.6) is 5.75 Å². The van der Waals surface area contributed by atoms with E-state index in [1.54, 1.807) is 151 Å². The van der Waals surface area contributed by atoms with Crippen molar-refractivity contribution in [1.29, 1.82) is 0 Å². The lowest BCUT2D eigenvalue weighted by molar-refractivity contribution is -0.120. The van der Waals surface area contributed by atoms with E-state index in [0.717, 1.165) is 18.5 Å². The minimum Gasteiger partial charge on any atom is -0.422 e. The lowest BCUT2D eigenvalue weighted by Crippen LogP contribution is -2.28. The monoisotopic (exact) mass is 1100 g/mol. The van der Waals surface area contributed by atoms with Gasteiger partial charge < -0.3 is 79.6 Å². The van der Waals surface area contributed by atoms with Crippen LogP contribution in [-0.2, 0) is 63.1 Å². The summed E-state index contributed by atoms with van der Waals surface area (Å²) in [5.41, 5.74) is 5.36. The smallest absolute Gasteiger partial charge is 0.360 e. The van der Waals surface area contributed by atoms with Crippen LogP contribution in [0.2, 0.25) is 0 Å². The maximum absolute atomic E-state index is 13.1. The number of anilines is 6. The Kier molecular flexibility index (Phi) is 19.6. The highest BCUT2D eigenvalue weighted by atomic mass is 16.5. The summed E-state index contributed by atoms with van der Waals surface area (Å²) in [4.78, 5) is 113. The molecule has 7 aromatic rings. The molecule has 8 N–H and O–H groups in total. The van der Waals surface area contributed by atoms with Gasteiger partial charge in [0.1, 0.15) is 39.9 Å². The molecule has 25 heteroatoms. The van der Waals surface area contributed by atoms with Crippen LogP contribution in [0.1, 0.15) is 95.7 Å². The topological polar surface area (TPSA) is 292 Å². The summed E-state index contributed by atoms with van der Waals surface area (Å²) in [5, 5.41) is 22.0. The number of benzene rings is 1. The summed E-state index contributed by atoms with van der Waals surface area (Å²) in [6.45, 7) is 6.60. The number of carbonyl (C=O) groups excluding carboxylic acids is 9. The second kappa shape index (κ2) is 26.4. The summed E-state index contributed by atoms with van der Waals surface area (Å²) in [7, 11) is 14.1. The van der Waals surface area contributed by atoms with Crippen molar-refractivity contribution >= 4 is 87.4 Å². The number of esters is 1. The van der Waals surface area contributed by atoms with Crippen LogP contribution >= 0.6 is 0 Å². The average Bonchev–Trinajstić information content (AvgIpc) is 4.27. The van der Waals surface area contributed by atoms with Crippen LogP contribution < -0.4 is 47.3 Å². The molecule has 0 fully saturated rings. The van der Waals surface area contributed by atoms with Crippen molar-refractivity contribution in [3.05, 3.63) is 138 Å². The highest BCUT2D eigenvalue weighted by Crippen LogP contribution is 2.23. The number of ether oxygens (including phenoxy) is 1. The number of nitrogens with zero attached hydrogens (tertiary/aromatic N) is 7. The molecule has 6 heterocycles. The fraction of sp³-hybridized carbons (Fsp3) is 0.291. The molecule has 0 aliphatic heterocycles. The normalized spacial score (nSPS) is 10.8. The van der Waals surface area contributed by atoms with E-state index in [4.69, 9.17) is 4.74 Å². The van der Waals surface area contributed by atoms with Gasteiger partial charge in [-0.3, -0.25) is 38.4 Å². The van der Waals surface area contributed by atoms with E-state index < -0.39 is 23.7 Å². The van der Waals surface area contributed by atoms with Crippen LogP contribution in [0.3, 0.4) is 0 Å². The highest BCUT2D eigenvalue weighted by molar-refractivity contribution is 6.09. The Morgan fingerprint density at radius 2 is 0.775 bits per heavy atom. The van der Waals surface area contributed by atoms with Crippen LogP contribution in [0.25, 0.3) is 0 Å². The van der Waals surface area contributed by atoms with Gasteiger partial charge in [0, 0.05) is 106 Å². The number of carbonyl (C=O) groups is 9. The molecule has 0 aliphatic carbocycles. The molecular formula is C55H67N15O10. The van der Waals surface area contributed by atoms with Crippen molar-refractivity contribution in [2.45, 2.75) is 33.6 Å². The Morgan fingerprint density at radius 1 is 0.450 bits per heavy atom. The Hall–Kier alpha value is -9.91. The first-order valence-corrected chi connectivity index (χ1v) is 25.2. The van der Waals surface area contributed by atoms with Gasteiger partial charge in [-0.05, 0) is 88.1 Å². The quantitative estimate of drug-likeness (QED) is 0.0288. The fourth-order valence-electron chi connectivity index (χ4n) is 8.28. The van der Waals surface area contributed by atoms with Gasteiger partial charge in [-0.25, -0.2) is 4.79 Å². The van der Waals surface area contributed by atoms with Crippen LogP contribution in [0, 0.1) is 0 Å². The van der Waals surface area contributed by atoms with Crippen LogP contribution in [-0.4, -0.2) is 119 Å². The Bertz CT molecular complexity index is 3460. The molecule has 0 aliphatic rings. The molecule has 422 valence electrons. The molecule has 25 nitrogen and oxygen atoms in total. The zero-order valence-corrected chi connectivity index (χ0v) is 46.5. The van der Waals surface area contributed by atoms with Gasteiger partial charge in [0.2, 0.25) is 17.7 Å². The van der Waals surface area contributed by atoms with Gasteiger partial charge in [0.25, 0.3) is 29.5 Å². The summed E-state index contributed by atoms with van der Waals surface area (Å²) < 4.78 is 15.0. The molecule has 8 amide bonds. The number of likely N-dealkylation sites (N-methyl/N-ethyl adjacent to an activating group) is 1. The first-order valence-electron chi connectivity index (χ1n) is 25.2. The van der Waals surface area contributed by atoms with Crippen molar-refractivity contribution in [3.63, 3.8) is 0 Å². The van der Waals surface area contributed by atoms with Gasteiger partial charge in [-0.1, -0.05) is 12.1 Å². The third kappa shape index (κ3) is 16.1. The maximum atomic E-state index is 13.1. The number of aryl methyl sites for hydroxylation is 6. The van der Waals surface area contributed by atoms with Crippen molar-refractivity contribution in [1.82, 2.24) is 42.9 Å². The molecule has 0 saturated heterocycles. The lowest BCUT2D eigenvalue weighted by atomic mass is 10.1. The maximum Gasteiger partial charge on any atom is 0.360 e. The number of hydrogen-bond acceptors (Lipinski definition) is 11. The zero-order valence-electron chi connectivity index (χ0n) is 46.5. The third-order valence-corrected chi connectivity index (χ3v) is 12.0. The molecular weight excluding hydrogens is 1030 g/mol. The van der Waals surface area contributed by atoms with E-state index >= 15 is 0 Å². The van der Waals surface area contributed by atoms with E-state index in [0.29, 0.717) is 75.7 Å². The van der Waals surface area contributed by atoms with E-state index in [-0.39, 0.29) is 47.3 Å². The van der Waals surface area contributed by atoms with Gasteiger partial charge in [0.05, 0.1) is 40.5 Å². The van der Waals surface area contributed by atoms with Crippen molar-refractivity contribution in [3.8, 4) is 5.75 Å². The van der Waals surface area contributed by atoms with Gasteiger partial charge in [-0.2, -0.15) is 0 Å². The molecule has 0 saturated carbocycles. The van der Waals surface area contributed by atoms with Crippen LogP contribution in [0.4, 0.5) is 34.1 Å². The number of rotatable bonds is 20. The predicted octanol–water partition coefficient (Wildman–Crippen LogP) is 4.91. The van der Waals surface area contributed by atoms with Crippen molar-refractivity contribution in [2.75, 3.05) is 65.6 Å². The van der Waals surface area contributed by atoms with E-state index in [1.807, 2.05) is 21.0 Å². The molecule has 6 aromatic heterocycles. The SMILES string of the molecule is CC(=O)Nc1cc(C(=O)Nc2cc(C(=O)Nc3cc(C(=O)NCCCN(C)C)n(C)c3)n(C)c2)n(C)c1.CCNC(=O)Cc1ccc(OC(=O)c2cc(NC(=O)c3cc(NC(=O)c4cc(NC(C)=O)cn4C)cn3C)cn2C)cc1. The summed E-state index contributed by atoms with van der Waals surface area (Å²) in [6.07, 6.45) is 10.8. The molecule has 80 heavy (non-hydrogen) atoms. The standard InChI is InChI=1S/C30H33N7O6.C25H34N8O4/c1-6-31-27(39)11-19-7-9-23(10-8-19)43-30(42)26-14-22(17-37(26)5)34-29(41)25-13-21(16-36(25)4)33-28(40)24-12-20(15-35(24)3)32-18(2)38;1-16(34)27-17-10-21(32(5)13-17)24(36)29-19-12-22(33(6)15-19)25(37)28-18-11-20(31(4)14-18)23(35)26-8-7-9-30(2)3/h7-10,12-17H,6,11H2,1-5H3,(H,31,39)(H,32,38)(H,33,40)(H,34,41);10-15H,7-9H2,1-6H3,(H,26,35)(H,27,34)(H,28,37)(H,29,36). The second-order valence-electron chi connectivity index (χ2n) is 19.1. The number of aromatic nitrogens is 6. The summed E-state index contributed by atoms with van der Waals surface area (Å²) in [6, 6.07) is 16.0. The van der Waals surface area contributed by atoms with Gasteiger partial charge in [-0.15, -0.1) is 0 Å². The third-order valence-electron chi connectivity index (χ3n) is 12.0. The van der Waals surface area contributed by atoms with Gasteiger partial charge >= 0.3 is 5.97 Å². The Balaban J connectivity index is 0.000000261. The first kappa shape index (κ1) is 59.3. The van der Waals surface area contributed by atoms with Crippen LogP contribution in [0.15, 0.2) is 97.8 Å².